The van der Waals surface area contributed by atoms with Crippen molar-refractivity contribution in [3.05, 3.63) is 48.0 Å². The smallest absolute Gasteiger partial charge is 0.232 e. The number of amidine groups is 1. The number of aliphatic imine (C=N–C) groups is 1. The molecule has 1 aliphatic rings. The Morgan fingerprint density at radius 3 is 2.36 bits per heavy atom. The van der Waals surface area contributed by atoms with E-state index >= 15 is 0 Å². The zero-order chi connectivity index (χ0) is 19.9. The highest BCUT2D eigenvalue weighted by atomic mass is 32.2. The number of rotatable bonds is 6. The summed E-state index contributed by atoms with van der Waals surface area (Å²) in [5.74, 6) is 2.54. The largest absolute Gasteiger partial charge is 0.493 e. The summed E-state index contributed by atoms with van der Waals surface area (Å²) < 4.78 is 16.1. The quantitative estimate of drug-likeness (QED) is 0.736. The van der Waals surface area contributed by atoms with Crippen molar-refractivity contribution in [1.29, 1.82) is 0 Å². The molecule has 148 valence electrons. The fourth-order valence-corrected chi connectivity index (χ4v) is 3.98. The van der Waals surface area contributed by atoms with Gasteiger partial charge in [0.05, 0.1) is 33.4 Å². The van der Waals surface area contributed by atoms with E-state index in [4.69, 9.17) is 14.2 Å². The van der Waals surface area contributed by atoms with Gasteiger partial charge >= 0.3 is 0 Å². The molecule has 0 atom stereocenters. The highest BCUT2D eigenvalue weighted by Crippen LogP contribution is 2.38. The third-order valence-corrected chi connectivity index (χ3v) is 5.41. The zero-order valence-electron chi connectivity index (χ0n) is 16.3. The number of hydrogen-bond acceptors (Lipinski definition) is 6. The molecule has 0 aliphatic carbocycles. The molecule has 0 aromatic heterocycles. The first kappa shape index (κ1) is 20.1. The predicted molar refractivity (Wildman–Crippen MR) is 112 cm³/mol. The van der Waals surface area contributed by atoms with Crippen molar-refractivity contribution in [1.82, 2.24) is 4.90 Å². The van der Waals surface area contributed by atoms with Crippen molar-refractivity contribution in [2.75, 3.05) is 33.6 Å². The SMILES string of the molecule is COc1cc(CC(=O)N2CCCSC2=Nc2ccccc2)cc(OC)c1OC. The van der Waals surface area contributed by atoms with Gasteiger partial charge in [-0.3, -0.25) is 9.69 Å². The number of nitrogens with zero attached hydrogens (tertiary/aromatic N) is 2. The van der Waals surface area contributed by atoms with Crippen LogP contribution in [0.5, 0.6) is 17.2 Å². The van der Waals surface area contributed by atoms with Crippen molar-refractivity contribution in [2.24, 2.45) is 4.99 Å². The van der Waals surface area contributed by atoms with Crippen LogP contribution in [-0.2, 0) is 11.2 Å². The third-order valence-electron chi connectivity index (χ3n) is 4.35. The Labute approximate surface area is 169 Å². The fourth-order valence-electron chi connectivity index (χ4n) is 3.00. The summed E-state index contributed by atoms with van der Waals surface area (Å²) in [7, 11) is 4.69. The van der Waals surface area contributed by atoms with Gasteiger partial charge in [-0.05, 0) is 36.2 Å². The number of carbonyl (C=O) groups is 1. The topological polar surface area (TPSA) is 60.4 Å². The van der Waals surface area contributed by atoms with Crippen LogP contribution >= 0.6 is 11.8 Å². The summed E-state index contributed by atoms with van der Waals surface area (Å²) in [6, 6.07) is 13.3. The highest BCUT2D eigenvalue weighted by molar-refractivity contribution is 8.13. The number of hydrogen-bond donors (Lipinski definition) is 0. The highest BCUT2D eigenvalue weighted by Gasteiger charge is 2.25. The molecule has 6 nitrogen and oxygen atoms in total. The average Bonchev–Trinajstić information content (AvgIpc) is 2.74. The summed E-state index contributed by atoms with van der Waals surface area (Å²) in [5, 5.41) is 0.745. The number of thioether (sulfide) groups is 1. The number of carbonyl (C=O) groups excluding carboxylic acids is 1. The van der Waals surface area contributed by atoms with E-state index in [1.807, 2.05) is 42.5 Å². The lowest BCUT2D eigenvalue weighted by molar-refractivity contribution is -0.126. The molecule has 2 aromatic carbocycles. The standard InChI is InChI=1S/C21H24N2O4S/c1-25-17-12-15(13-18(26-2)20(17)27-3)14-19(24)23-10-7-11-28-21(23)22-16-8-5-4-6-9-16/h4-6,8-9,12-13H,7,10-11,14H2,1-3H3. The minimum absolute atomic E-state index is 0.00356. The molecule has 1 heterocycles. The van der Waals surface area contributed by atoms with E-state index in [1.54, 1.807) is 38.0 Å². The minimum atomic E-state index is -0.00356. The second-order valence-electron chi connectivity index (χ2n) is 6.19. The maximum Gasteiger partial charge on any atom is 0.232 e. The second kappa shape index (κ2) is 9.50. The van der Waals surface area contributed by atoms with Gasteiger partial charge in [-0.15, -0.1) is 0 Å². The number of para-hydroxylation sites is 1. The first-order valence-electron chi connectivity index (χ1n) is 9.02. The molecule has 1 saturated heterocycles. The molecule has 0 N–H and O–H groups in total. The van der Waals surface area contributed by atoms with Crippen LogP contribution in [0.25, 0.3) is 0 Å². The Bertz CT molecular complexity index is 830. The van der Waals surface area contributed by atoms with E-state index in [0.29, 0.717) is 23.8 Å². The molecular formula is C21H24N2O4S. The molecule has 1 aliphatic heterocycles. The van der Waals surface area contributed by atoms with Crippen LogP contribution in [0, 0.1) is 0 Å². The lowest BCUT2D eigenvalue weighted by Gasteiger charge is -2.28. The van der Waals surface area contributed by atoms with E-state index < -0.39 is 0 Å². The maximum atomic E-state index is 13.0. The zero-order valence-corrected chi connectivity index (χ0v) is 17.1. The summed E-state index contributed by atoms with van der Waals surface area (Å²) in [4.78, 5) is 19.5. The van der Waals surface area contributed by atoms with Gasteiger partial charge in [0.2, 0.25) is 11.7 Å². The summed E-state index contributed by atoms with van der Waals surface area (Å²) in [6.07, 6.45) is 1.17. The van der Waals surface area contributed by atoms with Crippen molar-refractivity contribution >= 4 is 28.5 Å². The molecular weight excluding hydrogens is 376 g/mol. The van der Waals surface area contributed by atoms with Crippen LogP contribution in [0.4, 0.5) is 5.69 Å². The minimum Gasteiger partial charge on any atom is -0.493 e. The van der Waals surface area contributed by atoms with Gasteiger partial charge in [0.15, 0.2) is 16.7 Å². The van der Waals surface area contributed by atoms with Gasteiger partial charge in [0, 0.05) is 12.3 Å². The Balaban J connectivity index is 1.84. The molecule has 28 heavy (non-hydrogen) atoms. The van der Waals surface area contributed by atoms with Crippen LogP contribution in [-0.4, -0.2) is 49.6 Å². The van der Waals surface area contributed by atoms with E-state index in [-0.39, 0.29) is 12.3 Å². The van der Waals surface area contributed by atoms with Gasteiger partial charge in [-0.1, -0.05) is 30.0 Å². The van der Waals surface area contributed by atoms with E-state index in [0.717, 1.165) is 28.6 Å². The van der Waals surface area contributed by atoms with Gasteiger partial charge < -0.3 is 14.2 Å². The molecule has 1 amide bonds. The maximum absolute atomic E-state index is 13.0. The average molecular weight is 401 g/mol. The number of benzene rings is 2. The lowest BCUT2D eigenvalue weighted by atomic mass is 10.1. The summed E-state index contributed by atoms with van der Waals surface area (Å²) in [5.41, 5.74) is 1.65. The molecule has 2 aromatic rings. The summed E-state index contributed by atoms with van der Waals surface area (Å²) >= 11 is 1.61. The van der Waals surface area contributed by atoms with Crippen LogP contribution in [0.1, 0.15) is 12.0 Å². The molecule has 0 bridgehead atoms. The fraction of sp³-hybridized carbons (Fsp3) is 0.333. The van der Waals surface area contributed by atoms with Crippen molar-refractivity contribution in [3.8, 4) is 17.2 Å². The molecule has 0 radical (unpaired) electrons. The van der Waals surface area contributed by atoms with Gasteiger partial charge in [-0.2, -0.15) is 0 Å². The second-order valence-corrected chi connectivity index (χ2v) is 7.25. The van der Waals surface area contributed by atoms with Crippen molar-refractivity contribution < 1.29 is 19.0 Å². The van der Waals surface area contributed by atoms with Crippen LogP contribution < -0.4 is 14.2 Å². The van der Waals surface area contributed by atoms with Gasteiger partial charge in [0.1, 0.15) is 0 Å². The lowest BCUT2D eigenvalue weighted by Crippen LogP contribution is -2.40. The number of ether oxygens (including phenoxy) is 3. The molecule has 0 unspecified atom stereocenters. The first-order valence-corrected chi connectivity index (χ1v) is 10.0. The first-order chi connectivity index (χ1) is 13.7. The third kappa shape index (κ3) is 4.59. The Morgan fingerprint density at radius 1 is 1.07 bits per heavy atom. The molecule has 3 rings (SSSR count). The Morgan fingerprint density at radius 2 is 1.75 bits per heavy atom. The van der Waals surface area contributed by atoms with E-state index in [9.17, 15) is 4.79 Å². The molecule has 0 saturated carbocycles. The van der Waals surface area contributed by atoms with Crippen molar-refractivity contribution in [3.63, 3.8) is 0 Å². The predicted octanol–water partition coefficient (Wildman–Crippen LogP) is 3.91. The Hall–Kier alpha value is -2.67. The van der Waals surface area contributed by atoms with E-state index in [2.05, 4.69) is 4.99 Å². The number of amides is 1. The van der Waals surface area contributed by atoms with Crippen LogP contribution in [0.3, 0.4) is 0 Å². The summed E-state index contributed by atoms with van der Waals surface area (Å²) in [6.45, 7) is 0.669. The van der Waals surface area contributed by atoms with Crippen LogP contribution in [0.15, 0.2) is 47.5 Å². The Kier molecular flexibility index (Phi) is 6.81. The van der Waals surface area contributed by atoms with Crippen molar-refractivity contribution in [2.45, 2.75) is 12.8 Å². The molecule has 7 heteroatoms. The van der Waals surface area contributed by atoms with Gasteiger partial charge in [0.25, 0.3) is 0 Å². The molecule has 1 fully saturated rings. The van der Waals surface area contributed by atoms with Gasteiger partial charge in [-0.25, -0.2) is 4.99 Å². The van der Waals surface area contributed by atoms with Crippen LogP contribution in [0.2, 0.25) is 0 Å². The number of methoxy groups -OCH3 is 3. The molecule has 0 spiro atoms. The van der Waals surface area contributed by atoms with E-state index in [1.165, 1.54) is 0 Å². The monoisotopic (exact) mass is 400 g/mol. The normalized spacial score (nSPS) is 15.4.